The smallest absolute Gasteiger partial charge is 0.272 e. The first-order valence-corrected chi connectivity index (χ1v) is 17.6. The summed E-state index contributed by atoms with van der Waals surface area (Å²) in [6.45, 7) is 1.33. The van der Waals surface area contributed by atoms with E-state index in [4.69, 9.17) is 29.7 Å². The highest BCUT2D eigenvalue weighted by Gasteiger charge is 2.49. The van der Waals surface area contributed by atoms with Crippen molar-refractivity contribution in [3.63, 3.8) is 0 Å². The molecule has 16 heteroatoms. The van der Waals surface area contributed by atoms with Crippen molar-refractivity contribution in [2.24, 2.45) is 0 Å². The number of nitrogens with one attached hydrogen (secondary N) is 1. The van der Waals surface area contributed by atoms with Crippen molar-refractivity contribution in [2.45, 2.75) is 68.9 Å². The minimum atomic E-state index is -1.66. The molecule has 0 aromatic carbocycles. The molecule has 1 spiro atoms. The summed E-state index contributed by atoms with van der Waals surface area (Å²) in [5, 5.41) is 22.6. The number of nitrogens with two attached hydrogens (primary N) is 1. The molecule has 2 saturated heterocycles. The number of nitrogen functional groups attached to an aromatic ring is 1. The number of fused-ring (bicyclic) bond motifs is 4. The highest BCUT2D eigenvalue weighted by Crippen LogP contribution is 2.55. The van der Waals surface area contributed by atoms with Gasteiger partial charge in [-0.1, -0.05) is 5.16 Å². The zero-order valence-electron chi connectivity index (χ0n) is 27.4. The third-order valence-corrected chi connectivity index (χ3v) is 11.4. The third-order valence-electron chi connectivity index (χ3n) is 10.3. The molecule has 4 aromatic heterocycles. The highest BCUT2D eigenvalue weighted by molar-refractivity contribution is 7.16. The Bertz CT molecular complexity index is 2040. The van der Waals surface area contributed by atoms with Crippen LogP contribution in [0.3, 0.4) is 0 Å². The molecule has 3 atom stereocenters. The number of carbonyl (C=O) groups is 1. The number of hydrogen-bond donors (Lipinski definition) is 2. The minimum absolute atomic E-state index is 0.0788. The number of anilines is 1. The van der Waals surface area contributed by atoms with Gasteiger partial charge >= 0.3 is 0 Å². The van der Waals surface area contributed by atoms with Crippen LogP contribution in [0.15, 0.2) is 34.5 Å². The molecule has 2 fully saturated rings. The SMILES string of the molecule is CN1CC(=C(F)F)C[C@H]1COc1cc(-n2ccc(C(=O)N[C@H]3CCOC3)n2)nc(-c2noc3c2CCC[C@@]32CCCc3sc(N)c(C#N)c32)n1. The second kappa shape index (κ2) is 12.9. The van der Waals surface area contributed by atoms with Crippen molar-refractivity contribution < 1.29 is 27.6 Å². The van der Waals surface area contributed by atoms with Crippen LogP contribution in [0.4, 0.5) is 13.8 Å². The summed E-state index contributed by atoms with van der Waals surface area (Å²) in [4.78, 5) is 25.5. The molecule has 0 saturated carbocycles. The lowest BCUT2D eigenvalue weighted by molar-refractivity contribution is 0.0924. The Kier molecular flexibility index (Phi) is 8.36. The maximum atomic E-state index is 13.4. The number of nitriles is 1. The molecule has 4 aromatic rings. The second-order valence-electron chi connectivity index (χ2n) is 13.4. The molecule has 2 aliphatic heterocycles. The van der Waals surface area contributed by atoms with Crippen LogP contribution in [0.5, 0.6) is 5.88 Å². The van der Waals surface area contributed by atoms with E-state index < -0.39 is 11.5 Å². The molecule has 3 N–H and O–H groups in total. The number of aromatic nitrogens is 5. The number of amides is 1. The van der Waals surface area contributed by atoms with Crippen molar-refractivity contribution in [2.75, 3.05) is 39.1 Å². The van der Waals surface area contributed by atoms with Crippen molar-refractivity contribution in [3.05, 3.63) is 63.0 Å². The Balaban J connectivity index is 1.17. The zero-order valence-corrected chi connectivity index (χ0v) is 28.2. The highest BCUT2D eigenvalue weighted by atomic mass is 32.1. The Hall–Kier alpha value is -4.72. The Morgan fingerprint density at radius 2 is 2.12 bits per heavy atom. The quantitative estimate of drug-likeness (QED) is 0.277. The van der Waals surface area contributed by atoms with Crippen LogP contribution >= 0.6 is 11.3 Å². The standard InChI is InChI=1S/C34H35F2N9O4S/c1-44-15-18(30(35)36)12-20(44)17-48-26-13-25(45-10-6-23(42-45)33(46)39-19-7-11-47-16-19)40-32(41-26)28-21-4-2-8-34(29(21)49-43-28)9-3-5-24-27(34)22(14-37)31(38)50-24/h6,10,13,19-20H,2-5,7-9,11-12,15-17,38H2,1H3,(H,39,46)/t19-,20-,34-/m0/s1. The molecule has 8 rings (SSSR count). The summed E-state index contributed by atoms with van der Waals surface area (Å²) >= 11 is 1.48. The lowest BCUT2D eigenvalue weighted by Gasteiger charge is -2.39. The number of nitrogens with zero attached hydrogens (tertiary/aromatic N) is 7. The van der Waals surface area contributed by atoms with Gasteiger partial charge in [-0.05, 0) is 70.0 Å². The van der Waals surface area contributed by atoms with Gasteiger partial charge in [0.15, 0.2) is 28.8 Å². The van der Waals surface area contributed by atoms with E-state index in [9.17, 15) is 18.8 Å². The van der Waals surface area contributed by atoms with Gasteiger partial charge in [-0.15, -0.1) is 11.3 Å². The van der Waals surface area contributed by atoms with Gasteiger partial charge in [-0.25, -0.2) is 9.67 Å². The first kappa shape index (κ1) is 32.5. The van der Waals surface area contributed by atoms with E-state index in [2.05, 4.69) is 21.6 Å². The predicted molar refractivity (Wildman–Crippen MR) is 177 cm³/mol. The fourth-order valence-corrected chi connectivity index (χ4v) is 9.01. The van der Waals surface area contributed by atoms with Crippen molar-refractivity contribution >= 4 is 22.2 Å². The van der Waals surface area contributed by atoms with E-state index in [0.29, 0.717) is 47.5 Å². The van der Waals surface area contributed by atoms with E-state index in [0.717, 1.165) is 54.5 Å². The molecule has 1 amide bonds. The van der Waals surface area contributed by atoms with E-state index in [1.807, 2.05) is 4.90 Å². The number of thiophene rings is 1. The Morgan fingerprint density at radius 1 is 1.28 bits per heavy atom. The van der Waals surface area contributed by atoms with Gasteiger partial charge in [0.25, 0.3) is 12.0 Å². The van der Waals surface area contributed by atoms with Crippen LogP contribution in [0, 0.1) is 11.3 Å². The van der Waals surface area contributed by atoms with Crippen LogP contribution < -0.4 is 15.8 Å². The van der Waals surface area contributed by atoms with Gasteiger partial charge in [0, 0.05) is 47.5 Å². The molecule has 4 aliphatic rings. The van der Waals surface area contributed by atoms with Gasteiger partial charge in [-0.2, -0.15) is 24.1 Å². The number of likely N-dealkylation sites (N-methyl/N-ethyl adjacent to an activating group) is 1. The summed E-state index contributed by atoms with van der Waals surface area (Å²) in [6.07, 6.45) is 5.79. The molecule has 2 aliphatic carbocycles. The van der Waals surface area contributed by atoms with Gasteiger partial charge in [0.05, 0.1) is 23.6 Å². The third kappa shape index (κ3) is 5.62. The molecular formula is C34H35F2N9O4S. The van der Waals surface area contributed by atoms with Crippen LogP contribution in [0.25, 0.3) is 17.3 Å². The Morgan fingerprint density at radius 3 is 2.88 bits per heavy atom. The van der Waals surface area contributed by atoms with Crippen LogP contribution in [0.2, 0.25) is 0 Å². The number of aryl methyl sites for hydroxylation is 1. The fraction of sp³-hybridized carbons (Fsp3) is 0.471. The van der Waals surface area contributed by atoms with E-state index >= 15 is 0 Å². The van der Waals surface area contributed by atoms with Gasteiger partial charge in [0.1, 0.15) is 17.7 Å². The number of carbonyl (C=O) groups excluding carboxylic acids is 1. The summed E-state index contributed by atoms with van der Waals surface area (Å²) in [7, 11) is 1.78. The van der Waals surface area contributed by atoms with Crippen molar-refractivity contribution in [1.82, 2.24) is 35.1 Å². The number of rotatable bonds is 7. The van der Waals surface area contributed by atoms with Crippen LogP contribution in [-0.2, 0) is 23.0 Å². The zero-order chi connectivity index (χ0) is 34.6. The van der Waals surface area contributed by atoms with Gasteiger partial charge < -0.3 is 25.0 Å². The molecule has 260 valence electrons. The number of likely N-dealkylation sites (tertiary alicyclic amines) is 1. The number of halogens is 2. The predicted octanol–water partition coefficient (Wildman–Crippen LogP) is 4.54. The van der Waals surface area contributed by atoms with Crippen LogP contribution in [0.1, 0.15) is 76.3 Å². The monoisotopic (exact) mass is 703 g/mol. The molecule has 0 radical (unpaired) electrons. The number of ether oxygens (including phenoxy) is 2. The van der Waals surface area contributed by atoms with E-state index in [-0.39, 0.29) is 60.5 Å². The second-order valence-corrected chi connectivity index (χ2v) is 14.5. The number of hydrogen-bond acceptors (Lipinski definition) is 12. The average molecular weight is 704 g/mol. The lowest BCUT2D eigenvalue weighted by Crippen LogP contribution is -2.35. The summed E-state index contributed by atoms with van der Waals surface area (Å²) in [5.74, 6) is 1.13. The Labute approximate surface area is 290 Å². The molecular weight excluding hydrogens is 668 g/mol. The molecule has 0 unspecified atom stereocenters. The van der Waals surface area contributed by atoms with Crippen molar-refractivity contribution in [1.29, 1.82) is 5.26 Å². The lowest BCUT2D eigenvalue weighted by atomic mass is 9.63. The normalized spacial score (nSPS) is 23.1. The topological polar surface area (TPSA) is 170 Å². The molecule has 0 bridgehead atoms. The maximum Gasteiger partial charge on any atom is 0.272 e. The van der Waals surface area contributed by atoms with E-state index in [1.165, 1.54) is 16.0 Å². The van der Waals surface area contributed by atoms with Crippen molar-refractivity contribution in [3.8, 4) is 29.3 Å². The maximum absolute atomic E-state index is 13.4. The average Bonchev–Trinajstić information content (AvgIpc) is 3.94. The largest absolute Gasteiger partial charge is 0.476 e. The molecule has 50 heavy (non-hydrogen) atoms. The molecule has 6 heterocycles. The first-order valence-electron chi connectivity index (χ1n) is 16.7. The summed E-state index contributed by atoms with van der Waals surface area (Å²) in [5.41, 5.74) is 8.90. The van der Waals surface area contributed by atoms with Gasteiger partial charge in [-0.3, -0.25) is 9.69 Å². The summed E-state index contributed by atoms with van der Waals surface area (Å²) in [6, 6.07) is 5.19. The minimum Gasteiger partial charge on any atom is -0.476 e. The summed E-state index contributed by atoms with van der Waals surface area (Å²) < 4.78 is 46.0. The fourth-order valence-electron chi connectivity index (χ4n) is 7.85. The van der Waals surface area contributed by atoms with Gasteiger partial charge in [0.2, 0.25) is 5.88 Å². The first-order chi connectivity index (χ1) is 24.2. The molecule has 13 nitrogen and oxygen atoms in total. The van der Waals surface area contributed by atoms with Crippen LogP contribution in [-0.4, -0.2) is 81.2 Å². The van der Waals surface area contributed by atoms with E-state index in [1.54, 1.807) is 25.4 Å².